The maximum absolute atomic E-state index is 6.23. The van der Waals surface area contributed by atoms with Crippen molar-refractivity contribution in [1.29, 1.82) is 0 Å². The van der Waals surface area contributed by atoms with Gasteiger partial charge in [-0.3, -0.25) is 0 Å². The minimum atomic E-state index is 0.255. The lowest BCUT2D eigenvalue weighted by atomic mass is 9.98. The lowest BCUT2D eigenvalue weighted by molar-refractivity contribution is -0.0241. The summed E-state index contributed by atoms with van der Waals surface area (Å²) in [5.74, 6) is 0. The van der Waals surface area contributed by atoms with Gasteiger partial charge in [0.05, 0.1) is 0 Å². The molecule has 106 valence electrons. The van der Waals surface area contributed by atoms with Crippen LogP contribution in [0.1, 0.15) is 44.1 Å². The van der Waals surface area contributed by atoms with Crippen molar-refractivity contribution in [2.75, 3.05) is 6.61 Å². The number of nitrogens with two attached hydrogens (primary N) is 1. The molecular formula is C16H27NOSi. The fourth-order valence-corrected chi connectivity index (χ4v) is 3.86. The van der Waals surface area contributed by atoms with Gasteiger partial charge in [-0.2, -0.15) is 0 Å². The molecule has 2 unspecified atom stereocenters. The Morgan fingerprint density at radius 2 is 2.05 bits per heavy atom. The van der Waals surface area contributed by atoms with E-state index in [9.17, 15) is 0 Å². The molecule has 1 fully saturated rings. The second-order valence-electron chi connectivity index (χ2n) is 6.10. The van der Waals surface area contributed by atoms with Gasteiger partial charge >= 0.3 is 0 Å². The van der Waals surface area contributed by atoms with Crippen LogP contribution in [-0.4, -0.2) is 28.1 Å². The molecule has 1 heterocycles. The number of hydrogen-bond acceptors (Lipinski definition) is 2. The van der Waals surface area contributed by atoms with E-state index in [0.717, 1.165) is 29.7 Å². The maximum Gasteiger partial charge on any atom is 0.0486 e. The van der Waals surface area contributed by atoms with E-state index in [1.165, 1.54) is 37.7 Å². The molecule has 2 N–H and O–H groups in total. The highest BCUT2D eigenvalue weighted by Crippen LogP contribution is 2.27. The lowest BCUT2D eigenvalue weighted by Crippen LogP contribution is -2.37. The summed E-state index contributed by atoms with van der Waals surface area (Å²) in [6.07, 6.45) is 8.39. The molecule has 3 heteroatoms. The Hall–Kier alpha value is -0.643. The molecule has 0 aromatic heterocycles. The fourth-order valence-electron chi connectivity index (χ4n) is 2.95. The molecule has 0 bridgehead atoms. The summed E-state index contributed by atoms with van der Waals surface area (Å²) in [5, 5.41) is 0.255. The van der Waals surface area contributed by atoms with E-state index in [-0.39, 0.29) is 11.3 Å². The molecule has 0 amide bonds. The Bertz CT molecular complexity index is 362. The second kappa shape index (κ2) is 7.22. The van der Waals surface area contributed by atoms with Gasteiger partial charge in [-0.05, 0) is 50.5 Å². The number of benzene rings is 1. The van der Waals surface area contributed by atoms with Crippen molar-refractivity contribution < 1.29 is 4.74 Å². The van der Waals surface area contributed by atoms with Gasteiger partial charge in [-0.25, -0.2) is 0 Å². The highest BCUT2D eigenvalue weighted by Gasteiger charge is 2.26. The van der Waals surface area contributed by atoms with Crippen molar-refractivity contribution in [3.63, 3.8) is 0 Å². The summed E-state index contributed by atoms with van der Waals surface area (Å²) < 4.78 is 5.99. The molecule has 2 atom stereocenters. The SMILES string of the molecule is NC(CCCC1([SiH3])CCCCO1)Cc1ccccc1. The van der Waals surface area contributed by atoms with Gasteiger partial charge < -0.3 is 10.5 Å². The Morgan fingerprint density at radius 1 is 1.26 bits per heavy atom. The molecule has 0 aliphatic carbocycles. The number of rotatable bonds is 6. The van der Waals surface area contributed by atoms with E-state index >= 15 is 0 Å². The summed E-state index contributed by atoms with van der Waals surface area (Å²) >= 11 is 0. The Kier molecular flexibility index (Phi) is 5.61. The molecule has 1 saturated heterocycles. The van der Waals surface area contributed by atoms with Crippen molar-refractivity contribution in [3.05, 3.63) is 35.9 Å². The topological polar surface area (TPSA) is 35.2 Å². The fraction of sp³-hybridized carbons (Fsp3) is 0.625. The summed E-state index contributed by atoms with van der Waals surface area (Å²) in [6.45, 7) is 0.972. The average molecular weight is 277 g/mol. The van der Waals surface area contributed by atoms with Gasteiger partial charge in [0.1, 0.15) is 0 Å². The van der Waals surface area contributed by atoms with Crippen LogP contribution in [0.4, 0.5) is 0 Å². The third kappa shape index (κ3) is 5.09. The van der Waals surface area contributed by atoms with E-state index < -0.39 is 0 Å². The largest absolute Gasteiger partial charge is 0.380 e. The van der Waals surface area contributed by atoms with Gasteiger partial charge in [-0.1, -0.05) is 30.3 Å². The number of hydrogen-bond donors (Lipinski definition) is 1. The monoisotopic (exact) mass is 277 g/mol. The normalized spacial score (nSPS) is 25.3. The van der Waals surface area contributed by atoms with Gasteiger partial charge in [0.2, 0.25) is 0 Å². The zero-order chi connectivity index (χ0) is 13.6. The summed E-state index contributed by atoms with van der Waals surface area (Å²) in [7, 11) is 1.15. The third-order valence-corrected chi connectivity index (χ3v) is 5.46. The molecule has 19 heavy (non-hydrogen) atoms. The van der Waals surface area contributed by atoms with Crippen molar-refractivity contribution in [3.8, 4) is 0 Å². The third-order valence-electron chi connectivity index (χ3n) is 4.17. The first-order valence-corrected chi connectivity index (χ1v) is 8.61. The Balaban J connectivity index is 1.67. The Morgan fingerprint density at radius 3 is 2.74 bits per heavy atom. The zero-order valence-corrected chi connectivity index (χ0v) is 14.1. The van der Waals surface area contributed by atoms with E-state index in [2.05, 4.69) is 30.3 Å². The maximum atomic E-state index is 6.23. The molecule has 0 spiro atoms. The summed E-state index contributed by atoms with van der Waals surface area (Å²) in [6, 6.07) is 10.9. The van der Waals surface area contributed by atoms with E-state index in [0.29, 0.717) is 0 Å². The zero-order valence-electron chi connectivity index (χ0n) is 12.1. The van der Waals surface area contributed by atoms with Crippen LogP contribution in [0.15, 0.2) is 30.3 Å². The smallest absolute Gasteiger partial charge is 0.0486 e. The Labute approximate surface area is 120 Å². The van der Waals surface area contributed by atoms with Crippen molar-refractivity contribution in [2.45, 2.75) is 56.2 Å². The van der Waals surface area contributed by atoms with Crippen molar-refractivity contribution in [1.82, 2.24) is 0 Å². The first-order chi connectivity index (χ1) is 9.18. The predicted octanol–water partition coefficient (Wildman–Crippen LogP) is 1.99. The van der Waals surface area contributed by atoms with E-state index in [4.69, 9.17) is 10.5 Å². The lowest BCUT2D eigenvalue weighted by Gasteiger charge is -2.34. The summed E-state index contributed by atoms with van der Waals surface area (Å²) in [5.41, 5.74) is 7.59. The standard InChI is InChI=1S/C16H27NOSi/c17-15(13-14-7-2-1-3-8-14)9-6-11-16(19)10-4-5-12-18-16/h1-3,7-8,15H,4-6,9-13,17H2,19H3. The van der Waals surface area contributed by atoms with Crippen LogP contribution in [0.2, 0.25) is 0 Å². The molecule has 1 aliphatic heterocycles. The van der Waals surface area contributed by atoms with Crippen LogP contribution in [0.25, 0.3) is 0 Å². The molecule has 1 aromatic rings. The minimum absolute atomic E-state index is 0.255. The van der Waals surface area contributed by atoms with Crippen LogP contribution < -0.4 is 5.73 Å². The minimum Gasteiger partial charge on any atom is -0.380 e. The molecular weight excluding hydrogens is 250 g/mol. The predicted molar refractivity (Wildman–Crippen MR) is 84.4 cm³/mol. The first-order valence-electron chi connectivity index (χ1n) is 7.61. The van der Waals surface area contributed by atoms with Crippen LogP contribution in [-0.2, 0) is 11.2 Å². The average Bonchev–Trinajstić information content (AvgIpc) is 2.40. The molecule has 2 nitrogen and oxygen atoms in total. The molecule has 1 aromatic carbocycles. The van der Waals surface area contributed by atoms with E-state index in [1.54, 1.807) is 0 Å². The summed E-state index contributed by atoms with van der Waals surface area (Å²) in [4.78, 5) is 0. The van der Waals surface area contributed by atoms with Gasteiger partial charge in [0.25, 0.3) is 0 Å². The second-order valence-corrected chi connectivity index (χ2v) is 7.92. The van der Waals surface area contributed by atoms with Crippen LogP contribution in [0.3, 0.4) is 0 Å². The molecule has 0 saturated carbocycles. The highest BCUT2D eigenvalue weighted by atomic mass is 28.1. The quantitative estimate of drug-likeness (QED) is 0.807. The van der Waals surface area contributed by atoms with E-state index in [1.807, 2.05) is 0 Å². The highest BCUT2D eigenvalue weighted by molar-refractivity contribution is 6.14. The van der Waals surface area contributed by atoms with Crippen molar-refractivity contribution in [2.24, 2.45) is 5.73 Å². The molecule has 1 aliphatic rings. The van der Waals surface area contributed by atoms with Gasteiger partial charge in [-0.15, -0.1) is 0 Å². The molecule has 0 radical (unpaired) electrons. The number of ether oxygens (including phenoxy) is 1. The van der Waals surface area contributed by atoms with Crippen LogP contribution in [0.5, 0.6) is 0 Å². The van der Waals surface area contributed by atoms with Gasteiger partial charge in [0.15, 0.2) is 0 Å². The molecule has 2 rings (SSSR count). The van der Waals surface area contributed by atoms with Crippen molar-refractivity contribution >= 4 is 10.2 Å². The van der Waals surface area contributed by atoms with Crippen LogP contribution >= 0.6 is 0 Å². The van der Waals surface area contributed by atoms with Crippen LogP contribution in [0, 0.1) is 0 Å². The first kappa shape index (κ1) is 14.8. The van der Waals surface area contributed by atoms with Gasteiger partial charge in [0, 0.05) is 28.1 Å².